The summed E-state index contributed by atoms with van der Waals surface area (Å²) in [6.45, 7) is 0. The molecule has 5 nitrogen and oxygen atoms in total. The first-order valence-corrected chi connectivity index (χ1v) is 7.90. The monoisotopic (exact) mass is 412 g/mol. The van der Waals surface area contributed by atoms with Gasteiger partial charge < -0.3 is 9.84 Å². The number of benzene rings is 1. The molecule has 21 heavy (non-hydrogen) atoms. The molecule has 1 N–H and O–H groups in total. The molecule has 0 amide bonds. The predicted molar refractivity (Wildman–Crippen MR) is 89.0 cm³/mol. The molecule has 0 aliphatic rings. The smallest absolute Gasteiger partial charge is 0.328 e. The molecule has 0 atom stereocenters. The van der Waals surface area contributed by atoms with E-state index < -0.39 is 5.97 Å². The number of aromatic nitrogens is 2. The maximum atomic E-state index is 10.7. The van der Waals surface area contributed by atoms with Crippen LogP contribution in [0.2, 0.25) is 0 Å². The lowest BCUT2D eigenvalue weighted by atomic mass is 10.3. The molecule has 7 heteroatoms. The van der Waals surface area contributed by atoms with Crippen LogP contribution in [0.15, 0.2) is 41.9 Å². The summed E-state index contributed by atoms with van der Waals surface area (Å²) in [5.41, 5.74) is 0.605. The number of ether oxygens (including phenoxy) is 1. The molecule has 0 bridgehead atoms. The van der Waals surface area contributed by atoms with Gasteiger partial charge in [0.2, 0.25) is 5.88 Å². The second-order valence-electron chi connectivity index (χ2n) is 4.06. The number of halogens is 1. The molecule has 0 saturated heterocycles. The van der Waals surface area contributed by atoms with Gasteiger partial charge >= 0.3 is 5.97 Å². The second-order valence-corrected chi connectivity index (χ2v) is 6.10. The normalized spacial score (nSPS) is 11.3. The third-order valence-corrected chi connectivity index (χ3v) is 4.34. The van der Waals surface area contributed by atoms with Gasteiger partial charge in [0.05, 0.1) is 3.57 Å². The number of fused-ring (bicyclic) bond motifs is 1. The summed E-state index contributed by atoms with van der Waals surface area (Å²) in [4.78, 5) is 15.9. The number of carbonyl (C=O) groups is 1. The molecule has 0 spiro atoms. The summed E-state index contributed by atoms with van der Waals surface area (Å²) < 4.78 is 8.60. The minimum Gasteiger partial charge on any atom is -0.478 e. The van der Waals surface area contributed by atoms with Gasteiger partial charge in [0, 0.05) is 17.7 Å². The van der Waals surface area contributed by atoms with E-state index in [1.807, 2.05) is 35.8 Å². The standard InChI is InChI=1S/C14H9IN2O3S/c15-9-3-1-2-4-11(9)20-13-10(5-6-12(18)19)17-7-8-21-14(17)16-13/h1-8H,(H,18,19)/b6-5+. The molecular formula is C14H9IN2O3S. The van der Waals surface area contributed by atoms with Crippen LogP contribution in [-0.2, 0) is 4.79 Å². The number of imidazole rings is 1. The summed E-state index contributed by atoms with van der Waals surface area (Å²) >= 11 is 3.64. The van der Waals surface area contributed by atoms with Crippen molar-refractivity contribution in [2.75, 3.05) is 0 Å². The van der Waals surface area contributed by atoms with E-state index in [0.29, 0.717) is 17.3 Å². The van der Waals surface area contributed by atoms with Gasteiger partial charge in [-0.1, -0.05) is 12.1 Å². The van der Waals surface area contributed by atoms with E-state index in [9.17, 15) is 4.79 Å². The molecule has 3 rings (SSSR count). The predicted octanol–water partition coefficient (Wildman–Crippen LogP) is 3.89. The summed E-state index contributed by atoms with van der Waals surface area (Å²) in [6.07, 6.45) is 4.39. The molecule has 2 aromatic heterocycles. The molecule has 0 fully saturated rings. The number of aliphatic carboxylic acids is 1. The van der Waals surface area contributed by atoms with Crippen molar-refractivity contribution < 1.29 is 14.6 Å². The average Bonchev–Trinajstić information content (AvgIpc) is 3.00. The fourth-order valence-electron chi connectivity index (χ4n) is 1.79. The van der Waals surface area contributed by atoms with E-state index >= 15 is 0 Å². The number of carboxylic acid groups (broad SMARTS) is 1. The minimum absolute atomic E-state index is 0.392. The second kappa shape index (κ2) is 5.86. The number of carboxylic acids is 1. The molecule has 0 radical (unpaired) electrons. The summed E-state index contributed by atoms with van der Waals surface area (Å²) in [5.74, 6) is 0.0673. The van der Waals surface area contributed by atoms with Crippen LogP contribution in [0.1, 0.15) is 5.69 Å². The van der Waals surface area contributed by atoms with Gasteiger partial charge in [0.1, 0.15) is 11.4 Å². The minimum atomic E-state index is -1.01. The summed E-state index contributed by atoms with van der Waals surface area (Å²) in [5, 5.41) is 10.7. The quantitative estimate of drug-likeness (QED) is 0.522. The van der Waals surface area contributed by atoms with E-state index in [-0.39, 0.29) is 0 Å². The number of hydrogen-bond acceptors (Lipinski definition) is 4. The topological polar surface area (TPSA) is 63.8 Å². The summed E-state index contributed by atoms with van der Waals surface area (Å²) in [6, 6.07) is 7.58. The molecule has 0 saturated carbocycles. The Kier molecular flexibility index (Phi) is 3.93. The highest BCUT2D eigenvalue weighted by Crippen LogP contribution is 2.31. The van der Waals surface area contributed by atoms with Crippen LogP contribution in [0.25, 0.3) is 11.0 Å². The number of nitrogens with zero attached hydrogens (tertiary/aromatic N) is 2. The summed E-state index contributed by atoms with van der Waals surface area (Å²) in [7, 11) is 0. The Morgan fingerprint density at radius 1 is 1.43 bits per heavy atom. The highest BCUT2D eigenvalue weighted by molar-refractivity contribution is 14.1. The van der Waals surface area contributed by atoms with Gasteiger partial charge in [0.15, 0.2) is 4.96 Å². The van der Waals surface area contributed by atoms with Gasteiger partial charge in [-0.25, -0.2) is 4.79 Å². The highest BCUT2D eigenvalue weighted by Gasteiger charge is 2.14. The van der Waals surface area contributed by atoms with Crippen LogP contribution < -0.4 is 4.74 Å². The Morgan fingerprint density at radius 2 is 2.24 bits per heavy atom. The van der Waals surface area contributed by atoms with Gasteiger partial charge in [-0.3, -0.25) is 4.40 Å². The lowest BCUT2D eigenvalue weighted by Crippen LogP contribution is -1.92. The Bertz CT molecular complexity index is 838. The van der Waals surface area contributed by atoms with Crippen molar-refractivity contribution in [3.05, 3.63) is 51.2 Å². The van der Waals surface area contributed by atoms with Gasteiger partial charge in [0.25, 0.3) is 0 Å². The zero-order chi connectivity index (χ0) is 14.8. The van der Waals surface area contributed by atoms with Crippen molar-refractivity contribution in [3.63, 3.8) is 0 Å². The molecular weight excluding hydrogens is 403 g/mol. The van der Waals surface area contributed by atoms with E-state index in [2.05, 4.69) is 27.6 Å². The molecule has 2 heterocycles. The van der Waals surface area contributed by atoms with E-state index in [1.165, 1.54) is 17.4 Å². The van der Waals surface area contributed by atoms with Gasteiger partial charge in [-0.15, -0.1) is 11.3 Å². The maximum Gasteiger partial charge on any atom is 0.328 e. The fourth-order valence-corrected chi connectivity index (χ4v) is 3.00. The van der Waals surface area contributed by atoms with E-state index in [1.54, 1.807) is 4.40 Å². The Morgan fingerprint density at radius 3 is 3.00 bits per heavy atom. The van der Waals surface area contributed by atoms with Gasteiger partial charge in [-0.2, -0.15) is 4.98 Å². The van der Waals surface area contributed by atoms with Crippen LogP contribution in [0.5, 0.6) is 11.6 Å². The molecule has 0 aliphatic carbocycles. The maximum absolute atomic E-state index is 10.7. The first-order valence-electron chi connectivity index (χ1n) is 5.94. The third kappa shape index (κ3) is 2.93. The van der Waals surface area contributed by atoms with Crippen LogP contribution in [0, 0.1) is 3.57 Å². The van der Waals surface area contributed by atoms with Crippen molar-refractivity contribution in [2.24, 2.45) is 0 Å². The van der Waals surface area contributed by atoms with Crippen molar-refractivity contribution in [3.8, 4) is 11.6 Å². The number of rotatable bonds is 4. The Balaban J connectivity index is 2.05. The van der Waals surface area contributed by atoms with E-state index in [0.717, 1.165) is 14.6 Å². The highest BCUT2D eigenvalue weighted by atomic mass is 127. The SMILES string of the molecule is O=C(O)/C=C/c1c(Oc2ccccc2I)nc2sccn12. The van der Waals surface area contributed by atoms with Crippen LogP contribution in [0.3, 0.4) is 0 Å². The van der Waals surface area contributed by atoms with Crippen molar-refractivity contribution in [1.82, 2.24) is 9.38 Å². The van der Waals surface area contributed by atoms with Gasteiger partial charge in [-0.05, 0) is 40.8 Å². The zero-order valence-corrected chi connectivity index (χ0v) is 13.5. The van der Waals surface area contributed by atoms with Crippen LogP contribution in [-0.4, -0.2) is 20.5 Å². The fraction of sp³-hybridized carbons (Fsp3) is 0. The average molecular weight is 412 g/mol. The molecule has 106 valence electrons. The van der Waals surface area contributed by atoms with Crippen LogP contribution >= 0.6 is 33.9 Å². The van der Waals surface area contributed by atoms with Crippen LogP contribution in [0.4, 0.5) is 0 Å². The third-order valence-electron chi connectivity index (χ3n) is 2.69. The first-order chi connectivity index (χ1) is 10.1. The zero-order valence-electron chi connectivity index (χ0n) is 10.6. The molecule has 1 aromatic carbocycles. The van der Waals surface area contributed by atoms with E-state index in [4.69, 9.17) is 9.84 Å². The number of para-hydroxylation sites is 1. The number of thiazole rings is 1. The largest absolute Gasteiger partial charge is 0.478 e. The first kappa shape index (κ1) is 14.1. The molecule has 0 unspecified atom stereocenters. The van der Waals surface area contributed by atoms with Crippen molar-refractivity contribution in [1.29, 1.82) is 0 Å². The Labute approximate surface area is 137 Å². The lowest BCUT2D eigenvalue weighted by molar-refractivity contribution is -0.131. The lowest BCUT2D eigenvalue weighted by Gasteiger charge is -2.05. The molecule has 0 aliphatic heterocycles. The van der Waals surface area contributed by atoms with Crippen molar-refractivity contribution >= 4 is 50.9 Å². The van der Waals surface area contributed by atoms with Crippen molar-refractivity contribution in [2.45, 2.75) is 0 Å². The molecule has 3 aromatic rings. The Hall–Kier alpha value is -1.87. The number of hydrogen-bond donors (Lipinski definition) is 1.